The van der Waals surface area contributed by atoms with E-state index in [-0.39, 0.29) is 0 Å². The van der Waals surface area contributed by atoms with E-state index in [2.05, 4.69) is 19.1 Å². The summed E-state index contributed by atoms with van der Waals surface area (Å²) >= 11 is 0. The van der Waals surface area contributed by atoms with Gasteiger partial charge in [0.2, 0.25) is 0 Å². The molecule has 1 heterocycles. The first kappa shape index (κ1) is 11.3. The van der Waals surface area contributed by atoms with Gasteiger partial charge in [0.1, 0.15) is 0 Å². The van der Waals surface area contributed by atoms with E-state index < -0.39 is 0 Å². The van der Waals surface area contributed by atoms with Crippen molar-refractivity contribution in [3.8, 4) is 11.5 Å². The lowest BCUT2D eigenvalue weighted by molar-refractivity contribution is 0.297. The predicted molar refractivity (Wildman–Crippen MR) is 64.2 cm³/mol. The highest BCUT2D eigenvalue weighted by Gasteiger charge is 2.13. The van der Waals surface area contributed by atoms with Gasteiger partial charge in [-0.05, 0) is 42.6 Å². The Bertz CT molecular complexity index is 362. The van der Waals surface area contributed by atoms with E-state index in [1.54, 1.807) is 0 Å². The van der Waals surface area contributed by atoms with Gasteiger partial charge in [0.25, 0.3) is 0 Å². The lowest BCUT2D eigenvalue weighted by atomic mass is 10.0. The molecule has 88 valence electrons. The molecule has 1 aromatic carbocycles. The van der Waals surface area contributed by atoms with Crippen LogP contribution in [0, 0.1) is 0 Å². The molecule has 0 saturated heterocycles. The van der Waals surface area contributed by atoms with Crippen molar-refractivity contribution in [2.24, 2.45) is 5.73 Å². The minimum absolute atomic E-state index is 0.673. The van der Waals surface area contributed by atoms with Crippen LogP contribution >= 0.6 is 0 Å². The average molecular weight is 221 g/mol. The van der Waals surface area contributed by atoms with Gasteiger partial charge in [-0.25, -0.2) is 0 Å². The number of hydrogen-bond donors (Lipinski definition) is 1. The van der Waals surface area contributed by atoms with Gasteiger partial charge >= 0.3 is 0 Å². The largest absolute Gasteiger partial charge is 0.490 e. The summed E-state index contributed by atoms with van der Waals surface area (Å²) in [6, 6.07) is 4.19. The van der Waals surface area contributed by atoms with Gasteiger partial charge in [-0.1, -0.05) is 6.92 Å². The number of aryl methyl sites for hydroxylation is 1. The molecule has 2 N–H and O–H groups in total. The fourth-order valence-electron chi connectivity index (χ4n) is 2.01. The molecule has 0 unspecified atom stereocenters. The van der Waals surface area contributed by atoms with E-state index in [0.29, 0.717) is 6.54 Å². The fourth-order valence-corrected chi connectivity index (χ4v) is 2.01. The summed E-state index contributed by atoms with van der Waals surface area (Å²) in [4.78, 5) is 0. The molecule has 16 heavy (non-hydrogen) atoms. The Morgan fingerprint density at radius 3 is 2.31 bits per heavy atom. The maximum absolute atomic E-state index is 5.67. The van der Waals surface area contributed by atoms with Crippen LogP contribution in [0.15, 0.2) is 12.1 Å². The van der Waals surface area contributed by atoms with Crippen LogP contribution in [-0.4, -0.2) is 19.8 Å². The summed E-state index contributed by atoms with van der Waals surface area (Å²) < 4.78 is 11.3. The second-order valence-electron chi connectivity index (χ2n) is 4.01. The second kappa shape index (κ2) is 5.21. The highest BCUT2D eigenvalue weighted by atomic mass is 16.5. The van der Waals surface area contributed by atoms with E-state index >= 15 is 0 Å². The summed E-state index contributed by atoms with van der Waals surface area (Å²) in [7, 11) is 0. The molecule has 0 amide bonds. The van der Waals surface area contributed by atoms with Gasteiger partial charge in [-0.15, -0.1) is 0 Å². The fraction of sp³-hybridized carbons (Fsp3) is 0.538. The first-order valence-corrected chi connectivity index (χ1v) is 5.96. The zero-order chi connectivity index (χ0) is 11.4. The molecule has 0 atom stereocenters. The topological polar surface area (TPSA) is 44.5 Å². The molecule has 3 heteroatoms. The van der Waals surface area contributed by atoms with Crippen LogP contribution in [0.5, 0.6) is 11.5 Å². The van der Waals surface area contributed by atoms with Crippen molar-refractivity contribution >= 4 is 0 Å². The van der Waals surface area contributed by atoms with Gasteiger partial charge in [-0.2, -0.15) is 0 Å². The van der Waals surface area contributed by atoms with E-state index in [1.165, 1.54) is 11.1 Å². The van der Waals surface area contributed by atoms with Gasteiger partial charge in [-0.3, -0.25) is 0 Å². The minimum Gasteiger partial charge on any atom is -0.490 e. The zero-order valence-corrected chi connectivity index (χ0v) is 9.79. The average Bonchev–Trinajstić information content (AvgIpc) is 2.53. The summed E-state index contributed by atoms with van der Waals surface area (Å²) in [5.41, 5.74) is 8.22. The quantitative estimate of drug-likeness (QED) is 0.848. The molecule has 1 aliphatic rings. The van der Waals surface area contributed by atoms with Crippen LogP contribution in [0.1, 0.15) is 24.5 Å². The van der Waals surface area contributed by atoms with Gasteiger partial charge in [0.05, 0.1) is 13.2 Å². The van der Waals surface area contributed by atoms with Crippen molar-refractivity contribution in [1.82, 2.24) is 0 Å². The molecule has 2 rings (SSSR count). The summed E-state index contributed by atoms with van der Waals surface area (Å²) in [6.07, 6.45) is 2.86. The zero-order valence-electron chi connectivity index (χ0n) is 9.79. The van der Waals surface area contributed by atoms with Crippen molar-refractivity contribution in [2.45, 2.75) is 26.2 Å². The number of rotatable bonds is 3. The third-order valence-corrected chi connectivity index (χ3v) is 2.86. The molecule has 0 aromatic heterocycles. The third-order valence-electron chi connectivity index (χ3n) is 2.86. The molecular formula is C13H19NO2. The van der Waals surface area contributed by atoms with Gasteiger partial charge in [0, 0.05) is 6.42 Å². The van der Waals surface area contributed by atoms with E-state index in [4.69, 9.17) is 15.2 Å². The SMILES string of the molecule is CCc1cc2c(cc1CCN)OCCCO2. The van der Waals surface area contributed by atoms with Crippen LogP contribution < -0.4 is 15.2 Å². The lowest BCUT2D eigenvalue weighted by Gasteiger charge is -2.13. The van der Waals surface area contributed by atoms with Crippen molar-refractivity contribution < 1.29 is 9.47 Å². The molecule has 1 aliphatic heterocycles. The highest BCUT2D eigenvalue weighted by molar-refractivity contribution is 5.48. The molecular weight excluding hydrogens is 202 g/mol. The van der Waals surface area contributed by atoms with Crippen molar-refractivity contribution in [2.75, 3.05) is 19.8 Å². The lowest BCUT2D eigenvalue weighted by Crippen LogP contribution is -2.06. The normalized spacial score (nSPS) is 14.6. The predicted octanol–water partition coefficient (Wildman–Crippen LogP) is 1.91. The Morgan fingerprint density at radius 2 is 1.75 bits per heavy atom. The molecule has 0 spiro atoms. The Balaban J connectivity index is 2.36. The Morgan fingerprint density at radius 1 is 1.12 bits per heavy atom. The molecule has 0 aliphatic carbocycles. The van der Waals surface area contributed by atoms with Crippen molar-refractivity contribution in [1.29, 1.82) is 0 Å². The molecule has 0 bridgehead atoms. The summed E-state index contributed by atoms with van der Waals surface area (Å²) in [5.74, 6) is 1.76. The molecule has 1 aromatic rings. The third kappa shape index (κ3) is 2.30. The van der Waals surface area contributed by atoms with Crippen LogP contribution in [0.3, 0.4) is 0 Å². The minimum atomic E-state index is 0.673. The Hall–Kier alpha value is -1.22. The van der Waals surface area contributed by atoms with Gasteiger partial charge in [0.15, 0.2) is 11.5 Å². The molecule has 3 nitrogen and oxygen atoms in total. The summed E-state index contributed by atoms with van der Waals surface area (Å²) in [6.45, 7) is 4.30. The number of ether oxygens (including phenoxy) is 2. The summed E-state index contributed by atoms with van der Waals surface area (Å²) in [5, 5.41) is 0. The maximum Gasteiger partial charge on any atom is 0.161 e. The number of nitrogens with two attached hydrogens (primary N) is 1. The number of fused-ring (bicyclic) bond motifs is 1. The smallest absolute Gasteiger partial charge is 0.161 e. The van der Waals surface area contributed by atoms with E-state index in [9.17, 15) is 0 Å². The molecule has 0 radical (unpaired) electrons. The van der Waals surface area contributed by atoms with Crippen LogP contribution in [0.2, 0.25) is 0 Å². The number of hydrogen-bond acceptors (Lipinski definition) is 3. The first-order chi connectivity index (χ1) is 7.85. The van der Waals surface area contributed by atoms with Gasteiger partial charge < -0.3 is 15.2 Å². The standard InChI is InChI=1S/C13H19NO2/c1-2-10-8-12-13(9-11(10)4-5-14)16-7-3-6-15-12/h8-9H,2-7,14H2,1H3. The monoisotopic (exact) mass is 221 g/mol. The maximum atomic E-state index is 5.67. The Kier molecular flexibility index (Phi) is 3.67. The Labute approximate surface area is 96.5 Å². The van der Waals surface area contributed by atoms with Crippen LogP contribution in [-0.2, 0) is 12.8 Å². The highest BCUT2D eigenvalue weighted by Crippen LogP contribution is 2.33. The number of benzene rings is 1. The van der Waals surface area contributed by atoms with Crippen LogP contribution in [0.4, 0.5) is 0 Å². The molecule has 0 saturated carbocycles. The first-order valence-electron chi connectivity index (χ1n) is 5.96. The van der Waals surface area contributed by atoms with Crippen molar-refractivity contribution in [3.05, 3.63) is 23.3 Å². The molecule has 0 fully saturated rings. The van der Waals surface area contributed by atoms with E-state index in [0.717, 1.165) is 44.0 Å². The van der Waals surface area contributed by atoms with E-state index in [1.807, 2.05) is 0 Å². The van der Waals surface area contributed by atoms with Crippen molar-refractivity contribution in [3.63, 3.8) is 0 Å². The van der Waals surface area contributed by atoms with Crippen LogP contribution in [0.25, 0.3) is 0 Å². The second-order valence-corrected chi connectivity index (χ2v) is 4.01.